The number of nitrogens with one attached hydrogen (secondary N) is 2. The highest BCUT2D eigenvalue weighted by atomic mass is 32.2. The number of amides is 1. The monoisotopic (exact) mass is 595 g/mol. The Morgan fingerprint density at radius 1 is 0.732 bits per heavy atom. The molecule has 0 saturated carbocycles. The van der Waals surface area contributed by atoms with Crippen LogP contribution in [0.3, 0.4) is 0 Å². The number of benzene rings is 4. The van der Waals surface area contributed by atoms with E-state index in [0.717, 1.165) is 9.87 Å². The van der Waals surface area contributed by atoms with Crippen molar-refractivity contribution < 1.29 is 31.1 Å². The molecule has 4 aromatic carbocycles. The first-order valence-corrected chi connectivity index (χ1v) is 15.2. The summed E-state index contributed by atoms with van der Waals surface area (Å²) in [6.45, 7) is 1.32. The molecule has 0 saturated heterocycles. The van der Waals surface area contributed by atoms with Gasteiger partial charge in [-0.05, 0) is 67.6 Å². The molecule has 4 rings (SSSR count). The van der Waals surface area contributed by atoms with Crippen molar-refractivity contribution in [1.82, 2.24) is 0 Å². The number of rotatable bonds is 11. The van der Waals surface area contributed by atoms with Crippen molar-refractivity contribution in [3.05, 3.63) is 103 Å². The molecule has 0 unspecified atom stereocenters. The Morgan fingerprint density at radius 3 is 1.95 bits per heavy atom. The van der Waals surface area contributed by atoms with E-state index in [1.807, 2.05) is 6.92 Å². The van der Waals surface area contributed by atoms with Crippen molar-refractivity contribution in [2.75, 3.05) is 35.1 Å². The maximum atomic E-state index is 13.8. The number of ether oxygens (including phenoxy) is 2. The summed E-state index contributed by atoms with van der Waals surface area (Å²) in [6.07, 6.45) is 0. The van der Waals surface area contributed by atoms with Crippen LogP contribution in [0.5, 0.6) is 11.5 Å². The molecule has 10 nitrogen and oxygen atoms in total. The average molecular weight is 596 g/mol. The molecule has 214 valence electrons. The van der Waals surface area contributed by atoms with Gasteiger partial charge in [-0.3, -0.25) is 13.8 Å². The molecule has 1 amide bonds. The van der Waals surface area contributed by atoms with Gasteiger partial charge in [-0.25, -0.2) is 16.8 Å². The average Bonchev–Trinajstić information content (AvgIpc) is 2.96. The summed E-state index contributed by atoms with van der Waals surface area (Å²) in [5.41, 5.74) is 1.91. The fourth-order valence-electron chi connectivity index (χ4n) is 3.90. The Labute approximate surface area is 239 Å². The van der Waals surface area contributed by atoms with Crippen LogP contribution in [0.4, 0.5) is 17.1 Å². The molecule has 0 aliphatic rings. The number of methoxy groups -OCH3 is 2. The first-order valence-electron chi connectivity index (χ1n) is 12.3. The van der Waals surface area contributed by atoms with E-state index in [-0.39, 0.29) is 21.2 Å². The Kier molecular flexibility index (Phi) is 8.84. The second-order valence-corrected chi connectivity index (χ2v) is 12.5. The van der Waals surface area contributed by atoms with Crippen LogP contribution < -0.4 is 23.8 Å². The molecule has 4 aromatic rings. The van der Waals surface area contributed by atoms with Gasteiger partial charge in [0.1, 0.15) is 6.54 Å². The first kappa shape index (κ1) is 29.4. The minimum atomic E-state index is -4.22. The zero-order valence-corrected chi connectivity index (χ0v) is 24.2. The van der Waals surface area contributed by atoms with E-state index in [0.29, 0.717) is 17.1 Å². The lowest BCUT2D eigenvalue weighted by atomic mass is 10.2. The van der Waals surface area contributed by atoms with E-state index in [2.05, 4.69) is 10.0 Å². The topological polar surface area (TPSA) is 131 Å². The summed E-state index contributed by atoms with van der Waals surface area (Å²) in [5, 5.41) is 2.64. The molecule has 0 heterocycles. The Balaban J connectivity index is 1.56. The lowest BCUT2D eigenvalue weighted by Crippen LogP contribution is -2.38. The predicted molar refractivity (Wildman–Crippen MR) is 158 cm³/mol. The molecule has 0 bridgehead atoms. The lowest BCUT2D eigenvalue weighted by molar-refractivity contribution is -0.114. The molecule has 0 aliphatic carbocycles. The quantitative estimate of drug-likeness (QED) is 0.258. The minimum Gasteiger partial charge on any atom is -0.493 e. The van der Waals surface area contributed by atoms with Crippen molar-refractivity contribution in [3.63, 3.8) is 0 Å². The smallest absolute Gasteiger partial charge is 0.264 e. The number of para-hydroxylation sites is 1. The van der Waals surface area contributed by atoms with Crippen LogP contribution >= 0.6 is 0 Å². The SMILES string of the molecule is COc1ccc(S(=O)(=O)N(CC(=O)Nc2ccc(S(=O)(=O)Nc3ccccc3)cc2)c2ccc(C)cc2)cc1OC. The molecule has 0 spiro atoms. The fourth-order valence-corrected chi connectivity index (χ4v) is 6.39. The van der Waals surface area contributed by atoms with Gasteiger partial charge >= 0.3 is 0 Å². The molecule has 0 aliphatic heterocycles. The molecular weight excluding hydrogens is 566 g/mol. The largest absolute Gasteiger partial charge is 0.493 e. The number of hydrogen-bond acceptors (Lipinski definition) is 7. The first-order chi connectivity index (χ1) is 19.5. The molecule has 2 N–H and O–H groups in total. The second-order valence-electron chi connectivity index (χ2n) is 8.91. The molecule has 41 heavy (non-hydrogen) atoms. The van der Waals surface area contributed by atoms with Crippen molar-refractivity contribution in [2.45, 2.75) is 16.7 Å². The van der Waals surface area contributed by atoms with Crippen LogP contribution in [0.2, 0.25) is 0 Å². The highest BCUT2D eigenvalue weighted by Crippen LogP contribution is 2.32. The third kappa shape index (κ3) is 6.97. The minimum absolute atomic E-state index is 0.00309. The van der Waals surface area contributed by atoms with E-state index in [9.17, 15) is 21.6 Å². The van der Waals surface area contributed by atoms with Gasteiger partial charge in [-0.2, -0.15) is 0 Å². The standard InChI is InChI=1S/C29H29N3O7S2/c1-21-9-13-24(14-10-21)32(41(36,37)26-17-18-27(38-2)28(19-26)39-3)20-29(33)30-22-11-15-25(16-12-22)40(34,35)31-23-7-5-4-6-8-23/h4-19,31H,20H2,1-3H3,(H,30,33). The Hall–Kier alpha value is -4.55. The van der Waals surface area contributed by atoms with Gasteiger partial charge in [0.15, 0.2) is 11.5 Å². The summed E-state index contributed by atoms with van der Waals surface area (Å²) in [4.78, 5) is 13.0. The predicted octanol–water partition coefficient (Wildman–Crippen LogP) is 4.65. The lowest BCUT2D eigenvalue weighted by Gasteiger charge is -2.24. The molecule has 12 heteroatoms. The molecule has 0 aromatic heterocycles. The molecule has 0 fully saturated rings. The maximum absolute atomic E-state index is 13.8. The molecule has 0 radical (unpaired) electrons. The number of carbonyl (C=O) groups is 1. The van der Waals surface area contributed by atoms with Gasteiger partial charge in [0.2, 0.25) is 5.91 Å². The number of hydrogen-bond donors (Lipinski definition) is 2. The number of nitrogens with zero attached hydrogens (tertiary/aromatic N) is 1. The number of sulfonamides is 2. The summed E-state index contributed by atoms with van der Waals surface area (Å²) in [6, 6.07) is 24.9. The van der Waals surface area contributed by atoms with Crippen molar-refractivity contribution >= 4 is 43.0 Å². The van der Waals surface area contributed by atoms with Crippen LogP contribution in [0.25, 0.3) is 0 Å². The number of aryl methyl sites for hydroxylation is 1. The third-order valence-electron chi connectivity index (χ3n) is 6.03. The zero-order valence-electron chi connectivity index (χ0n) is 22.6. The van der Waals surface area contributed by atoms with E-state index in [4.69, 9.17) is 9.47 Å². The zero-order chi connectivity index (χ0) is 29.6. The van der Waals surface area contributed by atoms with Crippen molar-refractivity contribution in [2.24, 2.45) is 0 Å². The summed E-state index contributed by atoms with van der Waals surface area (Å²) >= 11 is 0. The second kappa shape index (κ2) is 12.3. The third-order valence-corrected chi connectivity index (χ3v) is 9.19. The summed E-state index contributed by atoms with van der Waals surface area (Å²) in [7, 11) is -5.23. The van der Waals surface area contributed by atoms with Crippen LogP contribution in [0, 0.1) is 6.92 Å². The molecule has 0 atom stereocenters. The van der Waals surface area contributed by atoms with Gasteiger partial charge in [-0.1, -0.05) is 35.9 Å². The Morgan fingerprint density at radius 2 is 1.34 bits per heavy atom. The van der Waals surface area contributed by atoms with Crippen LogP contribution in [0.1, 0.15) is 5.56 Å². The van der Waals surface area contributed by atoms with E-state index >= 15 is 0 Å². The highest BCUT2D eigenvalue weighted by molar-refractivity contribution is 7.93. The fraction of sp³-hybridized carbons (Fsp3) is 0.138. The van der Waals surface area contributed by atoms with Gasteiger partial charge in [0, 0.05) is 17.4 Å². The van der Waals surface area contributed by atoms with Crippen LogP contribution in [0.15, 0.2) is 107 Å². The van der Waals surface area contributed by atoms with Gasteiger partial charge < -0.3 is 14.8 Å². The van der Waals surface area contributed by atoms with Crippen LogP contribution in [-0.2, 0) is 24.8 Å². The van der Waals surface area contributed by atoms with E-state index in [1.165, 1.54) is 56.7 Å². The van der Waals surface area contributed by atoms with Gasteiger partial charge in [-0.15, -0.1) is 0 Å². The number of carbonyl (C=O) groups excluding carboxylic acids is 1. The van der Waals surface area contributed by atoms with Crippen LogP contribution in [-0.4, -0.2) is 43.5 Å². The Bertz CT molecular complexity index is 1730. The van der Waals surface area contributed by atoms with E-state index in [1.54, 1.807) is 54.6 Å². The normalized spacial score (nSPS) is 11.4. The van der Waals surface area contributed by atoms with Crippen molar-refractivity contribution in [1.29, 1.82) is 0 Å². The van der Waals surface area contributed by atoms with Gasteiger partial charge in [0.05, 0.1) is 29.7 Å². The number of anilines is 3. The summed E-state index contributed by atoms with van der Waals surface area (Å²) in [5.74, 6) is -0.0539. The highest BCUT2D eigenvalue weighted by Gasteiger charge is 2.28. The van der Waals surface area contributed by atoms with Gasteiger partial charge in [0.25, 0.3) is 20.0 Å². The van der Waals surface area contributed by atoms with E-state index < -0.39 is 32.5 Å². The molecular formula is C29H29N3O7S2. The summed E-state index contributed by atoms with van der Waals surface area (Å²) < 4.78 is 66.9. The maximum Gasteiger partial charge on any atom is 0.264 e. The van der Waals surface area contributed by atoms with Crippen molar-refractivity contribution in [3.8, 4) is 11.5 Å².